The number of rotatable bonds is 2. The van der Waals surface area contributed by atoms with E-state index >= 15 is 0 Å². The van der Waals surface area contributed by atoms with Crippen LogP contribution in [0.2, 0.25) is 5.02 Å². The zero-order valence-corrected chi connectivity index (χ0v) is 12.4. The summed E-state index contributed by atoms with van der Waals surface area (Å²) in [6.07, 6.45) is 5.25. The maximum Gasteiger partial charge on any atom is 0.0485 e. The van der Waals surface area contributed by atoms with Crippen LogP contribution in [0.25, 0.3) is 0 Å². The molecule has 2 unspecified atom stereocenters. The van der Waals surface area contributed by atoms with Crippen LogP contribution in [0.1, 0.15) is 47.2 Å². The van der Waals surface area contributed by atoms with Gasteiger partial charge in [-0.1, -0.05) is 29.8 Å². The molecular formula is C17H19ClN2. The molecule has 1 aromatic carbocycles. The van der Waals surface area contributed by atoms with E-state index < -0.39 is 0 Å². The molecule has 3 rings (SSSR count). The number of aromatic nitrogens is 1. The number of nitrogens with zero attached hydrogens (tertiary/aromatic N) is 1. The highest BCUT2D eigenvalue weighted by molar-refractivity contribution is 6.31. The minimum absolute atomic E-state index is 0.0392. The average molecular weight is 287 g/mol. The van der Waals surface area contributed by atoms with Crippen molar-refractivity contribution in [1.29, 1.82) is 0 Å². The van der Waals surface area contributed by atoms with Crippen LogP contribution >= 0.6 is 11.6 Å². The van der Waals surface area contributed by atoms with Crippen LogP contribution in [0.3, 0.4) is 0 Å². The fourth-order valence-corrected chi connectivity index (χ4v) is 3.38. The summed E-state index contributed by atoms with van der Waals surface area (Å²) >= 11 is 6.23. The zero-order chi connectivity index (χ0) is 14.1. The van der Waals surface area contributed by atoms with E-state index in [0.29, 0.717) is 0 Å². The second-order valence-electron chi connectivity index (χ2n) is 5.53. The zero-order valence-electron chi connectivity index (χ0n) is 11.6. The Bertz CT molecular complexity index is 624. The predicted molar refractivity (Wildman–Crippen MR) is 83.0 cm³/mol. The lowest BCUT2D eigenvalue weighted by Crippen LogP contribution is -2.25. The lowest BCUT2D eigenvalue weighted by atomic mass is 9.79. The van der Waals surface area contributed by atoms with E-state index in [1.807, 2.05) is 31.3 Å². The average Bonchev–Trinajstić information content (AvgIpc) is 2.49. The fourth-order valence-electron chi connectivity index (χ4n) is 3.20. The van der Waals surface area contributed by atoms with Crippen molar-refractivity contribution in [2.45, 2.75) is 38.1 Å². The molecule has 2 N–H and O–H groups in total. The quantitative estimate of drug-likeness (QED) is 0.900. The van der Waals surface area contributed by atoms with Gasteiger partial charge in [-0.05, 0) is 55.0 Å². The maximum atomic E-state index is 6.56. The summed E-state index contributed by atoms with van der Waals surface area (Å²) in [7, 11) is 0. The van der Waals surface area contributed by atoms with Crippen molar-refractivity contribution in [1.82, 2.24) is 4.98 Å². The molecular weight excluding hydrogens is 268 g/mol. The van der Waals surface area contributed by atoms with Crippen LogP contribution < -0.4 is 5.73 Å². The van der Waals surface area contributed by atoms with Gasteiger partial charge in [0.1, 0.15) is 0 Å². The van der Waals surface area contributed by atoms with Gasteiger partial charge in [-0.3, -0.25) is 4.98 Å². The van der Waals surface area contributed by atoms with Gasteiger partial charge in [-0.25, -0.2) is 0 Å². The molecule has 1 aliphatic carbocycles. The molecule has 3 heteroatoms. The molecule has 20 heavy (non-hydrogen) atoms. The highest BCUT2D eigenvalue weighted by Gasteiger charge is 2.28. The Kier molecular flexibility index (Phi) is 3.77. The topological polar surface area (TPSA) is 38.9 Å². The summed E-state index contributed by atoms with van der Waals surface area (Å²) in [5, 5.41) is 0.787. The van der Waals surface area contributed by atoms with Gasteiger partial charge >= 0.3 is 0 Å². The summed E-state index contributed by atoms with van der Waals surface area (Å²) in [6, 6.07) is 10.1. The van der Waals surface area contributed by atoms with Crippen LogP contribution in [0.5, 0.6) is 0 Å². The van der Waals surface area contributed by atoms with E-state index in [1.54, 1.807) is 0 Å². The molecule has 1 aromatic heterocycles. The number of hydrogen-bond donors (Lipinski definition) is 1. The number of halogens is 1. The van der Waals surface area contributed by atoms with Crippen LogP contribution in [0.15, 0.2) is 36.5 Å². The van der Waals surface area contributed by atoms with Crippen molar-refractivity contribution in [2.75, 3.05) is 0 Å². The molecule has 2 atom stereocenters. The van der Waals surface area contributed by atoms with Gasteiger partial charge in [0.2, 0.25) is 0 Å². The second-order valence-corrected chi connectivity index (χ2v) is 5.93. The second kappa shape index (κ2) is 5.55. The Balaban J connectivity index is 2.00. The number of hydrogen-bond acceptors (Lipinski definition) is 2. The largest absolute Gasteiger partial charge is 0.323 e. The fraction of sp³-hybridized carbons (Fsp3) is 0.353. The van der Waals surface area contributed by atoms with Gasteiger partial charge in [-0.2, -0.15) is 0 Å². The summed E-state index contributed by atoms with van der Waals surface area (Å²) < 4.78 is 0. The Hall–Kier alpha value is -1.38. The number of pyridine rings is 1. The van der Waals surface area contributed by atoms with Crippen molar-refractivity contribution in [3.63, 3.8) is 0 Å². The Morgan fingerprint density at radius 1 is 1.30 bits per heavy atom. The van der Waals surface area contributed by atoms with Crippen molar-refractivity contribution in [3.8, 4) is 0 Å². The van der Waals surface area contributed by atoms with E-state index in [9.17, 15) is 0 Å². The van der Waals surface area contributed by atoms with Crippen LogP contribution in [0, 0.1) is 6.92 Å². The Morgan fingerprint density at radius 3 is 3.00 bits per heavy atom. The van der Waals surface area contributed by atoms with Crippen molar-refractivity contribution < 1.29 is 0 Å². The van der Waals surface area contributed by atoms with Crippen molar-refractivity contribution in [2.24, 2.45) is 5.73 Å². The molecule has 1 heterocycles. The lowest BCUT2D eigenvalue weighted by Gasteiger charge is -2.30. The summed E-state index contributed by atoms with van der Waals surface area (Å²) in [5.41, 5.74) is 11.3. The molecule has 0 spiro atoms. The van der Waals surface area contributed by atoms with E-state index in [2.05, 4.69) is 17.1 Å². The van der Waals surface area contributed by atoms with E-state index in [1.165, 1.54) is 17.7 Å². The molecule has 0 saturated heterocycles. The van der Waals surface area contributed by atoms with Gasteiger partial charge < -0.3 is 5.73 Å². The number of benzene rings is 1. The van der Waals surface area contributed by atoms with Gasteiger partial charge in [-0.15, -0.1) is 0 Å². The molecule has 0 saturated carbocycles. The van der Waals surface area contributed by atoms with Gasteiger partial charge in [0, 0.05) is 28.9 Å². The first-order valence-corrected chi connectivity index (χ1v) is 7.50. The number of fused-ring (bicyclic) bond motifs is 1. The van der Waals surface area contributed by atoms with Crippen molar-refractivity contribution in [3.05, 3.63) is 63.9 Å². The van der Waals surface area contributed by atoms with Crippen LogP contribution in [-0.2, 0) is 6.42 Å². The number of nitrogens with two attached hydrogens (primary N) is 1. The maximum absolute atomic E-state index is 6.56. The predicted octanol–water partition coefficient (Wildman–Crippen LogP) is 4.16. The first kappa shape index (κ1) is 13.6. The van der Waals surface area contributed by atoms with E-state index in [-0.39, 0.29) is 12.0 Å². The molecule has 0 amide bonds. The van der Waals surface area contributed by atoms with Crippen LogP contribution in [-0.4, -0.2) is 4.98 Å². The SMILES string of the molecule is Cc1c(Cl)cccc1C(N)C1CCCc2cccnc21. The van der Waals surface area contributed by atoms with E-state index in [4.69, 9.17) is 17.3 Å². The Labute approximate surface area is 125 Å². The molecule has 2 nitrogen and oxygen atoms in total. The third kappa shape index (κ3) is 2.34. The monoisotopic (exact) mass is 286 g/mol. The first-order chi connectivity index (χ1) is 9.68. The van der Waals surface area contributed by atoms with Gasteiger partial charge in [0.15, 0.2) is 0 Å². The number of aryl methyl sites for hydroxylation is 1. The molecule has 2 aromatic rings. The summed E-state index contributed by atoms with van der Waals surface area (Å²) in [5.74, 6) is 0.289. The lowest BCUT2D eigenvalue weighted by molar-refractivity contribution is 0.461. The molecule has 104 valence electrons. The molecule has 1 aliphatic rings. The molecule has 0 bridgehead atoms. The smallest absolute Gasteiger partial charge is 0.0485 e. The Morgan fingerprint density at radius 2 is 2.15 bits per heavy atom. The normalized spacial score (nSPS) is 19.4. The third-order valence-electron chi connectivity index (χ3n) is 4.34. The third-order valence-corrected chi connectivity index (χ3v) is 4.75. The molecule has 0 fully saturated rings. The highest BCUT2D eigenvalue weighted by atomic mass is 35.5. The van der Waals surface area contributed by atoms with Crippen LogP contribution in [0.4, 0.5) is 0 Å². The minimum atomic E-state index is -0.0392. The molecule has 0 radical (unpaired) electrons. The first-order valence-electron chi connectivity index (χ1n) is 7.13. The van der Waals surface area contributed by atoms with E-state index in [0.717, 1.165) is 29.0 Å². The molecule has 0 aliphatic heterocycles. The summed E-state index contributed by atoms with van der Waals surface area (Å²) in [6.45, 7) is 2.04. The van der Waals surface area contributed by atoms with Gasteiger partial charge in [0.25, 0.3) is 0 Å². The van der Waals surface area contributed by atoms with Crippen molar-refractivity contribution >= 4 is 11.6 Å². The standard InChI is InChI=1S/C17H19ClN2/c1-11-13(7-3-9-15(11)18)16(19)14-8-2-5-12-6-4-10-20-17(12)14/h3-4,6-7,9-10,14,16H,2,5,8,19H2,1H3. The van der Waals surface area contributed by atoms with Gasteiger partial charge in [0.05, 0.1) is 0 Å². The minimum Gasteiger partial charge on any atom is -0.323 e. The highest BCUT2D eigenvalue weighted by Crippen LogP contribution is 2.39. The summed E-state index contributed by atoms with van der Waals surface area (Å²) in [4.78, 5) is 4.59.